The summed E-state index contributed by atoms with van der Waals surface area (Å²) in [6, 6.07) is 34.0. The Kier molecular flexibility index (Phi) is 28.5. The molecule has 0 radical (unpaired) electrons. The molecule has 4 aliphatic rings. The van der Waals surface area contributed by atoms with Gasteiger partial charge >= 0.3 is 28.5 Å². The molecule has 5 aromatic carbocycles. The van der Waals surface area contributed by atoms with E-state index in [9.17, 15) is 0 Å². The molecule has 100 heavy (non-hydrogen) atoms. The summed E-state index contributed by atoms with van der Waals surface area (Å²) in [5.74, 6) is 2.05. The average Bonchev–Trinajstić information content (AvgIpc) is 1.59. The molecule has 4 fully saturated rings. The summed E-state index contributed by atoms with van der Waals surface area (Å²) in [5.41, 5.74) is 10.9. The van der Waals surface area contributed by atoms with Gasteiger partial charge < -0.3 is 37.2 Å². The average molecular weight is 1490 g/mol. The number of aryl methyl sites for hydroxylation is 5. The fraction of sp³-hybridized carbons (Fsp3) is 0.602. The summed E-state index contributed by atoms with van der Waals surface area (Å²) >= 11 is 7.04. The quantitative estimate of drug-likeness (QED) is 0.0346. The number of benzene rings is 5. The van der Waals surface area contributed by atoms with Gasteiger partial charge in [-0.3, -0.25) is 0 Å². The second-order valence-corrected chi connectivity index (χ2v) is 34.6. The van der Waals surface area contributed by atoms with E-state index in [1.165, 1.54) is 143 Å². The van der Waals surface area contributed by atoms with Crippen LogP contribution in [-0.2, 0) is 56.5 Å². The number of nitrogens with zero attached hydrogens (tertiary/aromatic N) is 3. The van der Waals surface area contributed by atoms with Crippen molar-refractivity contribution in [2.24, 2.45) is 0 Å². The minimum Gasteiger partial charge on any atom is -0.399 e. The second-order valence-electron chi connectivity index (χ2n) is 32.7. The highest BCUT2D eigenvalue weighted by atomic mass is 79.9. The third-order valence-corrected chi connectivity index (χ3v) is 23.6. The van der Waals surface area contributed by atoms with Gasteiger partial charge in [-0.1, -0.05) is 233 Å². The Morgan fingerprint density at radius 2 is 0.520 bits per heavy atom. The van der Waals surface area contributed by atoms with Gasteiger partial charge in [0.2, 0.25) is 0 Å². The van der Waals surface area contributed by atoms with Crippen LogP contribution in [0.3, 0.4) is 0 Å². The SMILES string of the molecule is CCCCCCCCCCCCc1ccc(-c2nc(-c3ccc(Br)cc3)nc(-c3ccc(Br)cc3)n2)cc1.CCCCCCc1cc(B2OC(C)(C)C(C)(C)O2)c(CCCCCC)cc1B1OC(C)(C)C(C)(C)O1.Cc1cc(B2OC(C)(C)C(C)(C)O2)c(C)cc1B1OC(C)(C)C(C)(C)O1. The van der Waals surface area contributed by atoms with E-state index in [0.717, 1.165) is 67.0 Å². The summed E-state index contributed by atoms with van der Waals surface area (Å²) in [5, 5.41) is 0. The number of halogens is 2. The third kappa shape index (κ3) is 20.7. The number of hydrogen-bond donors (Lipinski definition) is 0. The fourth-order valence-corrected chi connectivity index (χ4v) is 13.5. The van der Waals surface area contributed by atoms with Gasteiger partial charge in [-0.25, -0.2) is 15.0 Å². The number of hydrogen-bond acceptors (Lipinski definition) is 11. The van der Waals surface area contributed by atoms with Crippen LogP contribution in [-0.4, -0.2) is 88.2 Å². The monoisotopic (exact) mass is 1490 g/mol. The molecule has 0 atom stereocenters. The maximum Gasteiger partial charge on any atom is 0.495 e. The molecule has 17 heteroatoms. The molecule has 11 nitrogen and oxygen atoms in total. The zero-order chi connectivity index (χ0) is 73.1. The molecule has 6 aromatic rings. The minimum atomic E-state index is -0.358. The van der Waals surface area contributed by atoms with Crippen LogP contribution in [0.1, 0.15) is 275 Å². The Morgan fingerprint density at radius 3 is 0.800 bits per heavy atom. The molecule has 542 valence electrons. The predicted molar refractivity (Wildman–Crippen MR) is 428 cm³/mol. The van der Waals surface area contributed by atoms with Crippen LogP contribution >= 0.6 is 31.9 Å². The molecule has 1 aromatic heterocycles. The first-order chi connectivity index (χ1) is 47.0. The van der Waals surface area contributed by atoms with Crippen LogP contribution in [0.4, 0.5) is 0 Å². The van der Waals surface area contributed by atoms with Gasteiger partial charge in [0.25, 0.3) is 0 Å². The van der Waals surface area contributed by atoms with E-state index in [1.54, 1.807) is 0 Å². The maximum atomic E-state index is 6.56. The molecule has 0 saturated carbocycles. The van der Waals surface area contributed by atoms with Crippen LogP contribution < -0.4 is 21.9 Å². The van der Waals surface area contributed by atoms with Gasteiger partial charge in [-0.2, -0.15) is 0 Å². The molecule has 0 unspecified atom stereocenters. The molecule has 0 amide bonds. The molecule has 4 aliphatic heterocycles. The van der Waals surface area contributed by atoms with Crippen molar-refractivity contribution in [1.29, 1.82) is 0 Å². The van der Waals surface area contributed by atoms with E-state index in [0.29, 0.717) is 17.5 Å². The van der Waals surface area contributed by atoms with Crippen molar-refractivity contribution < 1.29 is 37.2 Å². The lowest BCUT2D eigenvalue weighted by molar-refractivity contribution is 0.00578. The molecule has 0 N–H and O–H groups in total. The van der Waals surface area contributed by atoms with Crippen LogP contribution in [0.5, 0.6) is 0 Å². The van der Waals surface area contributed by atoms with Crippen molar-refractivity contribution in [2.45, 2.75) is 325 Å². The zero-order valence-electron chi connectivity index (χ0n) is 65.3. The van der Waals surface area contributed by atoms with Crippen molar-refractivity contribution in [2.75, 3.05) is 0 Å². The third-order valence-electron chi connectivity index (χ3n) is 22.6. The lowest BCUT2D eigenvalue weighted by Crippen LogP contribution is -2.43. The van der Waals surface area contributed by atoms with E-state index in [4.69, 9.17) is 52.2 Å². The first-order valence-electron chi connectivity index (χ1n) is 38.1. The molecular weight excluding hydrogens is 1370 g/mol. The Bertz CT molecular complexity index is 3340. The molecule has 0 spiro atoms. The van der Waals surface area contributed by atoms with Crippen LogP contribution in [0.15, 0.2) is 106 Å². The summed E-state index contributed by atoms with van der Waals surface area (Å²) < 4.78 is 53.2. The molecule has 0 aliphatic carbocycles. The maximum absolute atomic E-state index is 6.56. The van der Waals surface area contributed by atoms with Crippen LogP contribution in [0.25, 0.3) is 34.2 Å². The number of aromatic nitrogens is 3. The van der Waals surface area contributed by atoms with Crippen molar-refractivity contribution in [3.63, 3.8) is 0 Å². The smallest absolute Gasteiger partial charge is 0.399 e. The second kappa shape index (κ2) is 34.9. The molecule has 5 heterocycles. The highest BCUT2D eigenvalue weighted by Gasteiger charge is 2.56. The van der Waals surface area contributed by atoms with E-state index in [1.807, 2.05) is 48.5 Å². The summed E-state index contributed by atoms with van der Waals surface area (Å²) in [6.45, 7) is 44.7. The van der Waals surface area contributed by atoms with E-state index in [2.05, 4.69) is 226 Å². The Hall–Kier alpha value is -3.99. The Labute approximate surface area is 623 Å². The van der Waals surface area contributed by atoms with Crippen molar-refractivity contribution in [3.05, 3.63) is 134 Å². The topological polar surface area (TPSA) is 113 Å². The summed E-state index contributed by atoms with van der Waals surface area (Å²) in [6.07, 6.45) is 26.6. The molecule has 0 bridgehead atoms. The van der Waals surface area contributed by atoms with E-state index < -0.39 is 0 Å². The van der Waals surface area contributed by atoms with E-state index >= 15 is 0 Å². The van der Waals surface area contributed by atoms with Gasteiger partial charge in [0.05, 0.1) is 44.8 Å². The number of unbranched alkanes of at least 4 members (excludes halogenated alkanes) is 15. The predicted octanol–water partition coefficient (Wildman–Crippen LogP) is 20.3. The lowest BCUT2D eigenvalue weighted by atomic mass is 9.67. The normalized spacial score (nSPS) is 18.8. The molecular formula is C83H121B4Br2N3O8. The summed E-state index contributed by atoms with van der Waals surface area (Å²) in [7, 11) is -1.41. The van der Waals surface area contributed by atoms with Crippen LogP contribution in [0.2, 0.25) is 0 Å². The van der Waals surface area contributed by atoms with Crippen molar-refractivity contribution in [3.8, 4) is 34.2 Å². The van der Waals surface area contributed by atoms with E-state index in [-0.39, 0.29) is 73.3 Å². The highest BCUT2D eigenvalue weighted by molar-refractivity contribution is 9.10. The first-order valence-corrected chi connectivity index (χ1v) is 39.7. The Morgan fingerprint density at radius 1 is 0.290 bits per heavy atom. The van der Waals surface area contributed by atoms with Gasteiger partial charge in [-0.15, -0.1) is 0 Å². The molecule has 4 saturated heterocycles. The van der Waals surface area contributed by atoms with Crippen molar-refractivity contribution in [1.82, 2.24) is 15.0 Å². The Balaban J connectivity index is 0.000000194. The summed E-state index contributed by atoms with van der Waals surface area (Å²) in [4.78, 5) is 14.5. The van der Waals surface area contributed by atoms with Crippen LogP contribution in [0, 0.1) is 13.8 Å². The molecule has 10 rings (SSSR count). The van der Waals surface area contributed by atoms with Gasteiger partial charge in [-0.05, 0) is 226 Å². The largest absolute Gasteiger partial charge is 0.495 e. The standard InChI is InChI=1S/C33H37Br2N3.C30H52B2O4.C20H32B2O4/c1-2-3-4-5-6-7-8-9-10-11-12-25-13-15-26(16-14-25)31-36-32(27-17-21-29(34)22-18-27)38-33(37-31)28-19-23-30(35)24-20-28;1-11-13-15-17-19-23-21-26(32-35-29(7,8)30(9,10)36-32)24(20-18-16-14-12-2)22-25(23)31-33-27(3,4)28(5,6)34-31;1-13-11-16(22-25-19(7,8)20(9,10)26-22)14(2)12-15(13)21-23-17(3,4)18(5,6)24-21/h13-24H,2-12H2,1H3;21-22H,11-20H2,1-10H3;11-12H,1-10H3. The first kappa shape index (κ1) is 81.7. The van der Waals surface area contributed by atoms with Gasteiger partial charge in [0, 0.05) is 25.6 Å². The minimum absolute atomic E-state index is 0.345. The zero-order valence-corrected chi connectivity index (χ0v) is 68.4. The van der Waals surface area contributed by atoms with Gasteiger partial charge in [0.1, 0.15) is 0 Å². The van der Waals surface area contributed by atoms with Gasteiger partial charge in [0.15, 0.2) is 17.5 Å². The number of rotatable bonds is 28. The lowest BCUT2D eigenvalue weighted by Gasteiger charge is -2.32. The highest BCUT2D eigenvalue weighted by Crippen LogP contribution is 2.41. The fourth-order valence-electron chi connectivity index (χ4n) is 12.9. The van der Waals surface area contributed by atoms with Crippen molar-refractivity contribution >= 4 is 82.2 Å².